The van der Waals surface area contributed by atoms with Crippen LogP contribution in [0.2, 0.25) is 0 Å². The number of fused-ring (bicyclic) bond motifs is 1. The van der Waals surface area contributed by atoms with E-state index in [1.165, 1.54) is 5.56 Å². The third-order valence-corrected chi connectivity index (χ3v) is 3.71. The number of anilines is 1. The Bertz CT molecular complexity index is 615. The first kappa shape index (κ1) is 12.9. The summed E-state index contributed by atoms with van der Waals surface area (Å²) in [5, 5.41) is 0. The van der Waals surface area contributed by atoms with E-state index in [1.54, 1.807) is 13.4 Å². The van der Waals surface area contributed by atoms with Crippen LogP contribution in [-0.4, -0.2) is 28.5 Å². The van der Waals surface area contributed by atoms with Gasteiger partial charge >= 0.3 is 0 Å². The molecule has 1 aliphatic heterocycles. The second-order valence-electron chi connectivity index (χ2n) is 4.96. The zero-order valence-corrected chi connectivity index (χ0v) is 11.5. The molecule has 1 aliphatic rings. The number of benzene rings is 1. The number of methoxy groups -OCH3 is 1. The van der Waals surface area contributed by atoms with Gasteiger partial charge in [0.2, 0.25) is 0 Å². The van der Waals surface area contributed by atoms with E-state index in [0.717, 1.165) is 43.1 Å². The number of hydrogen-bond acceptors (Lipinski definition) is 5. The molecular weight excluding hydrogens is 252 g/mol. The van der Waals surface area contributed by atoms with Gasteiger partial charge in [-0.05, 0) is 12.5 Å². The summed E-state index contributed by atoms with van der Waals surface area (Å²) in [6, 6.07) is 8.12. The number of nitrogens with zero attached hydrogens (tertiary/aromatic N) is 3. The Hall–Kier alpha value is -2.14. The van der Waals surface area contributed by atoms with E-state index in [-0.39, 0.29) is 0 Å². The molecule has 5 nitrogen and oxygen atoms in total. The molecule has 2 aromatic rings. The number of nitrogens with two attached hydrogens (primary N) is 1. The van der Waals surface area contributed by atoms with Crippen molar-refractivity contribution in [2.24, 2.45) is 0 Å². The highest BCUT2D eigenvalue weighted by Crippen LogP contribution is 2.24. The van der Waals surface area contributed by atoms with Crippen molar-refractivity contribution in [3.8, 4) is 5.75 Å². The maximum atomic E-state index is 5.90. The molecule has 0 aliphatic carbocycles. The molecule has 1 aromatic heterocycles. The number of rotatable bonds is 3. The molecule has 0 spiro atoms. The topological polar surface area (TPSA) is 64.3 Å². The number of aromatic nitrogens is 2. The van der Waals surface area contributed by atoms with Crippen molar-refractivity contribution in [1.29, 1.82) is 0 Å². The minimum atomic E-state index is 0.618. The lowest BCUT2D eigenvalue weighted by Crippen LogP contribution is -2.31. The van der Waals surface area contributed by atoms with Crippen LogP contribution >= 0.6 is 0 Å². The average Bonchev–Trinajstić information content (AvgIpc) is 2.48. The minimum Gasteiger partial charge on any atom is -0.496 e. The molecule has 0 radical (unpaired) electrons. The van der Waals surface area contributed by atoms with Gasteiger partial charge < -0.3 is 10.5 Å². The van der Waals surface area contributed by atoms with Gasteiger partial charge in [0.15, 0.2) is 0 Å². The highest BCUT2D eigenvalue weighted by Gasteiger charge is 2.20. The summed E-state index contributed by atoms with van der Waals surface area (Å²) >= 11 is 0. The van der Waals surface area contributed by atoms with Crippen LogP contribution in [0.5, 0.6) is 5.75 Å². The van der Waals surface area contributed by atoms with E-state index in [2.05, 4.69) is 20.9 Å². The largest absolute Gasteiger partial charge is 0.496 e. The van der Waals surface area contributed by atoms with Crippen LogP contribution in [-0.2, 0) is 19.5 Å². The predicted molar refractivity (Wildman–Crippen MR) is 77.3 cm³/mol. The summed E-state index contributed by atoms with van der Waals surface area (Å²) in [4.78, 5) is 10.8. The van der Waals surface area contributed by atoms with Crippen molar-refractivity contribution in [1.82, 2.24) is 14.9 Å². The van der Waals surface area contributed by atoms with E-state index >= 15 is 0 Å². The monoisotopic (exact) mass is 270 g/mol. The molecule has 0 saturated carbocycles. The molecule has 20 heavy (non-hydrogen) atoms. The number of hydrogen-bond donors (Lipinski definition) is 1. The van der Waals surface area contributed by atoms with Crippen LogP contribution < -0.4 is 10.5 Å². The van der Waals surface area contributed by atoms with Gasteiger partial charge in [-0.3, -0.25) is 4.90 Å². The third-order valence-electron chi connectivity index (χ3n) is 3.71. The second kappa shape index (κ2) is 5.46. The zero-order valence-electron chi connectivity index (χ0n) is 11.5. The van der Waals surface area contributed by atoms with Crippen LogP contribution in [0.3, 0.4) is 0 Å². The molecule has 2 N–H and O–H groups in total. The van der Waals surface area contributed by atoms with E-state index in [9.17, 15) is 0 Å². The molecule has 0 bridgehead atoms. The standard InChI is InChI=1S/C15H18N4O/c1-20-14-5-3-2-4-11(14)8-19-7-6-12-13(9-19)17-10-18-15(12)16/h2-5,10H,6-9H2,1H3,(H2,16,17,18). The SMILES string of the molecule is COc1ccccc1CN1CCc2c(N)ncnc2C1. The summed E-state index contributed by atoms with van der Waals surface area (Å²) in [7, 11) is 1.71. The van der Waals surface area contributed by atoms with Crippen molar-refractivity contribution in [3.63, 3.8) is 0 Å². The Balaban J connectivity index is 1.78. The van der Waals surface area contributed by atoms with Gasteiger partial charge in [-0.15, -0.1) is 0 Å². The lowest BCUT2D eigenvalue weighted by Gasteiger charge is -2.28. The van der Waals surface area contributed by atoms with Crippen molar-refractivity contribution in [2.45, 2.75) is 19.5 Å². The lowest BCUT2D eigenvalue weighted by molar-refractivity contribution is 0.238. The van der Waals surface area contributed by atoms with E-state index in [4.69, 9.17) is 10.5 Å². The van der Waals surface area contributed by atoms with Gasteiger partial charge in [-0.25, -0.2) is 9.97 Å². The lowest BCUT2D eigenvalue weighted by atomic mass is 10.0. The van der Waals surface area contributed by atoms with Gasteiger partial charge in [0, 0.05) is 30.8 Å². The Morgan fingerprint density at radius 2 is 2.15 bits per heavy atom. The van der Waals surface area contributed by atoms with Gasteiger partial charge in [0.1, 0.15) is 17.9 Å². The van der Waals surface area contributed by atoms with E-state index in [1.807, 2.05) is 18.2 Å². The highest BCUT2D eigenvalue weighted by molar-refractivity contribution is 5.42. The summed E-state index contributed by atoms with van der Waals surface area (Å²) in [6.07, 6.45) is 2.44. The Labute approximate surface area is 118 Å². The maximum absolute atomic E-state index is 5.90. The fraction of sp³-hybridized carbons (Fsp3) is 0.333. The summed E-state index contributed by atoms with van der Waals surface area (Å²) < 4.78 is 5.40. The van der Waals surface area contributed by atoms with Crippen LogP contribution in [0.15, 0.2) is 30.6 Å². The molecule has 104 valence electrons. The quantitative estimate of drug-likeness (QED) is 0.918. The van der Waals surface area contributed by atoms with Crippen LogP contribution in [0.25, 0.3) is 0 Å². The van der Waals surface area contributed by atoms with Gasteiger partial charge in [0.05, 0.1) is 12.8 Å². The molecule has 0 amide bonds. The molecule has 0 fully saturated rings. The number of nitrogen functional groups attached to an aromatic ring is 1. The molecule has 0 unspecified atom stereocenters. The summed E-state index contributed by atoms with van der Waals surface area (Å²) in [5.41, 5.74) is 9.23. The van der Waals surface area contributed by atoms with Crippen molar-refractivity contribution >= 4 is 5.82 Å². The van der Waals surface area contributed by atoms with Gasteiger partial charge in [-0.2, -0.15) is 0 Å². The Morgan fingerprint density at radius 1 is 1.30 bits per heavy atom. The minimum absolute atomic E-state index is 0.618. The fourth-order valence-electron chi connectivity index (χ4n) is 2.64. The Kier molecular flexibility index (Phi) is 3.52. The van der Waals surface area contributed by atoms with Crippen LogP contribution in [0.1, 0.15) is 16.8 Å². The van der Waals surface area contributed by atoms with Crippen molar-refractivity contribution in [3.05, 3.63) is 47.4 Å². The zero-order chi connectivity index (χ0) is 13.9. The molecule has 0 saturated heterocycles. The highest BCUT2D eigenvalue weighted by atomic mass is 16.5. The maximum Gasteiger partial charge on any atom is 0.130 e. The predicted octanol–water partition coefficient (Wildman–Crippen LogP) is 1.63. The van der Waals surface area contributed by atoms with Crippen LogP contribution in [0, 0.1) is 0 Å². The van der Waals surface area contributed by atoms with Crippen molar-refractivity contribution < 1.29 is 4.74 Å². The van der Waals surface area contributed by atoms with E-state index < -0.39 is 0 Å². The molecule has 3 rings (SSSR count). The van der Waals surface area contributed by atoms with Gasteiger partial charge in [0.25, 0.3) is 0 Å². The van der Waals surface area contributed by atoms with Crippen LogP contribution in [0.4, 0.5) is 5.82 Å². The molecule has 1 aromatic carbocycles. The Morgan fingerprint density at radius 3 is 3.00 bits per heavy atom. The van der Waals surface area contributed by atoms with E-state index in [0.29, 0.717) is 5.82 Å². The summed E-state index contributed by atoms with van der Waals surface area (Å²) in [6.45, 7) is 2.62. The van der Waals surface area contributed by atoms with Crippen molar-refractivity contribution in [2.75, 3.05) is 19.4 Å². The smallest absolute Gasteiger partial charge is 0.130 e. The number of para-hydroxylation sites is 1. The second-order valence-corrected chi connectivity index (χ2v) is 4.96. The first-order valence-electron chi connectivity index (χ1n) is 6.70. The van der Waals surface area contributed by atoms with Gasteiger partial charge in [-0.1, -0.05) is 18.2 Å². The third kappa shape index (κ3) is 2.44. The fourth-order valence-corrected chi connectivity index (χ4v) is 2.64. The summed E-state index contributed by atoms with van der Waals surface area (Å²) in [5.74, 6) is 1.55. The molecule has 5 heteroatoms. The number of ether oxygens (including phenoxy) is 1. The normalized spacial score (nSPS) is 14.8. The molecular formula is C15H18N4O. The first-order valence-corrected chi connectivity index (χ1v) is 6.70. The molecule has 2 heterocycles. The average molecular weight is 270 g/mol. The molecule has 0 atom stereocenters. The first-order chi connectivity index (χ1) is 9.78.